The number of ether oxygens (including phenoxy) is 1. The molecule has 5 heteroatoms. The molecule has 0 aliphatic heterocycles. The molecule has 3 nitrogen and oxygen atoms in total. The molecule has 0 saturated carbocycles. The lowest BCUT2D eigenvalue weighted by Gasteiger charge is -2.18. The highest BCUT2D eigenvalue weighted by Crippen LogP contribution is 2.36. The van der Waals surface area contributed by atoms with E-state index in [1.54, 1.807) is 18.9 Å². The molecule has 0 radical (unpaired) electrons. The van der Waals surface area contributed by atoms with Gasteiger partial charge in [0.1, 0.15) is 0 Å². The van der Waals surface area contributed by atoms with Gasteiger partial charge in [0.2, 0.25) is 0 Å². The number of hydrogen-bond acceptors (Lipinski definition) is 3. The van der Waals surface area contributed by atoms with E-state index in [-0.39, 0.29) is 11.3 Å². The highest BCUT2D eigenvalue weighted by atomic mass is 35.5. The molecule has 23 heavy (non-hydrogen) atoms. The second-order valence-electron chi connectivity index (χ2n) is 5.23. The van der Waals surface area contributed by atoms with Crippen molar-refractivity contribution in [2.75, 3.05) is 13.7 Å². The third-order valence-electron chi connectivity index (χ3n) is 3.27. The van der Waals surface area contributed by atoms with Crippen LogP contribution in [0.15, 0.2) is 59.6 Å². The number of nitrogens with two attached hydrogens (primary N) is 1. The molecular weight excluding hydrogens is 328 g/mol. The van der Waals surface area contributed by atoms with Crippen molar-refractivity contribution in [2.45, 2.75) is 18.2 Å². The zero-order valence-corrected chi connectivity index (χ0v) is 14.8. The van der Waals surface area contributed by atoms with Gasteiger partial charge in [-0.1, -0.05) is 65.8 Å². The van der Waals surface area contributed by atoms with Gasteiger partial charge in [0.05, 0.1) is 17.9 Å². The Hall–Kier alpha value is -1.49. The monoisotopic (exact) mass is 348 g/mol. The van der Waals surface area contributed by atoms with Crippen molar-refractivity contribution < 1.29 is 4.74 Å². The van der Waals surface area contributed by atoms with Crippen molar-refractivity contribution >= 4 is 28.5 Å². The number of amidine groups is 1. The van der Waals surface area contributed by atoms with E-state index in [1.807, 2.05) is 49.4 Å². The summed E-state index contributed by atoms with van der Waals surface area (Å²) in [5.41, 5.74) is 8.46. The smallest absolute Gasteiger partial charge is 0.155 e. The van der Waals surface area contributed by atoms with Crippen LogP contribution in [0.1, 0.15) is 23.3 Å². The maximum Gasteiger partial charge on any atom is 0.155 e. The number of methoxy groups -OCH3 is 1. The highest BCUT2D eigenvalue weighted by molar-refractivity contribution is 8.14. The maximum absolute atomic E-state index is 6.14. The molecule has 0 bridgehead atoms. The summed E-state index contributed by atoms with van der Waals surface area (Å²) in [4.78, 5) is 4.48. The van der Waals surface area contributed by atoms with Gasteiger partial charge in [-0.25, -0.2) is 0 Å². The topological polar surface area (TPSA) is 47.6 Å². The molecule has 0 amide bonds. The third-order valence-corrected chi connectivity index (χ3v) is 4.65. The largest absolute Gasteiger partial charge is 0.382 e. The van der Waals surface area contributed by atoms with E-state index < -0.39 is 0 Å². The van der Waals surface area contributed by atoms with Crippen LogP contribution in [0.25, 0.3) is 0 Å². The van der Waals surface area contributed by atoms with Crippen molar-refractivity contribution in [3.63, 3.8) is 0 Å². The first-order valence-corrected chi connectivity index (χ1v) is 8.65. The fourth-order valence-corrected chi connectivity index (χ4v) is 3.44. The van der Waals surface area contributed by atoms with Gasteiger partial charge in [0, 0.05) is 12.1 Å². The summed E-state index contributed by atoms with van der Waals surface area (Å²) >= 11 is 7.54. The van der Waals surface area contributed by atoms with Crippen LogP contribution in [0.5, 0.6) is 0 Å². The van der Waals surface area contributed by atoms with E-state index in [2.05, 4.69) is 17.1 Å². The fraction of sp³-hybridized carbons (Fsp3) is 0.278. The summed E-state index contributed by atoms with van der Waals surface area (Å²) in [7, 11) is 1.66. The van der Waals surface area contributed by atoms with Gasteiger partial charge >= 0.3 is 0 Å². The van der Waals surface area contributed by atoms with E-state index in [9.17, 15) is 0 Å². The molecule has 0 spiro atoms. The number of thioether (sulfide) groups is 1. The molecule has 0 unspecified atom stereocenters. The summed E-state index contributed by atoms with van der Waals surface area (Å²) in [5.74, 6) is 0. The third kappa shape index (κ3) is 5.57. The summed E-state index contributed by atoms with van der Waals surface area (Å²) in [6, 6.07) is 18.1. The molecular formula is C18H21ClN2OS. The molecule has 2 N–H and O–H groups in total. The van der Waals surface area contributed by atoms with E-state index in [0.29, 0.717) is 11.8 Å². The van der Waals surface area contributed by atoms with E-state index >= 15 is 0 Å². The van der Waals surface area contributed by atoms with Crippen molar-refractivity contribution in [1.29, 1.82) is 0 Å². The fourth-order valence-electron chi connectivity index (χ4n) is 2.24. The summed E-state index contributed by atoms with van der Waals surface area (Å²) in [5, 5.41) is 1.35. The van der Waals surface area contributed by atoms with Gasteiger partial charge in [0.25, 0.3) is 0 Å². The first-order chi connectivity index (χ1) is 11.1. The van der Waals surface area contributed by atoms with Gasteiger partial charge < -0.3 is 10.5 Å². The zero-order chi connectivity index (χ0) is 16.7. The molecule has 2 aromatic carbocycles. The van der Waals surface area contributed by atoms with E-state index in [1.165, 1.54) is 5.56 Å². The van der Waals surface area contributed by atoms with Crippen LogP contribution in [0.3, 0.4) is 0 Å². The first-order valence-electron chi connectivity index (χ1n) is 7.39. The summed E-state index contributed by atoms with van der Waals surface area (Å²) in [6.45, 7) is 2.54. The number of hydrogen-bond donors (Lipinski definition) is 1. The molecule has 0 aliphatic carbocycles. The standard InChI is InChI=1S/C18H21ClN2OS/c1-13(12-22-2)21-18(20)23-17(14-6-4-3-5-7-14)15-8-10-16(19)11-9-15/h3-11,13,17H,12H2,1-2H3,(H2,20,21)/t13-,17+/m1/s1. The van der Waals surface area contributed by atoms with Gasteiger partial charge in [-0.3, -0.25) is 4.99 Å². The predicted molar refractivity (Wildman–Crippen MR) is 100 cm³/mol. The van der Waals surface area contributed by atoms with Crippen LogP contribution in [0, 0.1) is 0 Å². The molecule has 2 aromatic rings. The highest BCUT2D eigenvalue weighted by Gasteiger charge is 2.17. The zero-order valence-electron chi connectivity index (χ0n) is 13.3. The lowest BCUT2D eigenvalue weighted by Crippen LogP contribution is -2.16. The lowest BCUT2D eigenvalue weighted by molar-refractivity contribution is 0.186. The molecule has 0 aromatic heterocycles. The number of rotatable bonds is 6. The molecule has 2 rings (SSSR count). The number of nitrogens with zero attached hydrogens (tertiary/aromatic N) is 1. The normalized spacial score (nSPS) is 14.5. The SMILES string of the molecule is COC[C@@H](C)N=C(N)S[C@@H](c1ccccc1)c1ccc(Cl)cc1. The quantitative estimate of drug-likeness (QED) is 0.617. The number of halogens is 1. The van der Waals surface area contributed by atoms with Crippen LogP contribution >= 0.6 is 23.4 Å². The Kier molecular flexibility index (Phi) is 6.96. The minimum atomic E-state index is 0.0362. The van der Waals surface area contributed by atoms with Crippen molar-refractivity contribution in [1.82, 2.24) is 0 Å². The predicted octanol–water partition coefficient (Wildman–Crippen LogP) is 4.51. The van der Waals surface area contributed by atoms with Crippen LogP contribution in [-0.2, 0) is 4.74 Å². The Morgan fingerprint density at radius 1 is 1.13 bits per heavy atom. The van der Waals surface area contributed by atoms with Gasteiger partial charge in [-0.2, -0.15) is 0 Å². The van der Waals surface area contributed by atoms with Gasteiger partial charge in [0.15, 0.2) is 5.17 Å². The average Bonchev–Trinajstić information content (AvgIpc) is 2.54. The molecule has 0 heterocycles. The maximum atomic E-state index is 6.14. The molecule has 122 valence electrons. The first kappa shape index (κ1) is 17.9. The van der Waals surface area contributed by atoms with Crippen LogP contribution < -0.4 is 5.73 Å². The summed E-state index contributed by atoms with van der Waals surface area (Å²) in [6.07, 6.45) is 0. The van der Waals surface area contributed by atoms with Gasteiger partial charge in [-0.15, -0.1) is 0 Å². The van der Waals surface area contributed by atoms with Crippen LogP contribution in [0.2, 0.25) is 5.02 Å². The molecule has 0 saturated heterocycles. The minimum absolute atomic E-state index is 0.0362. The van der Waals surface area contributed by atoms with Crippen LogP contribution in [0.4, 0.5) is 0 Å². The summed E-state index contributed by atoms with van der Waals surface area (Å²) < 4.78 is 5.11. The lowest BCUT2D eigenvalue weighted by atomic mass is 10.0. The Labute approximate surface area is 146 Å². The number of benzene rings is 2. The Bertz CT molecular complexity index is 631. The average molecular weight is 349 g/mol. The second kappa shape index (κ2) is 8.96. The molecule has 2 atom stereocenters. The number of aliphatic imine (C=N–C) groups is 1. The van der Waals surface area contributed by atoms with E-state index in [0.717, 1.165) is 10.6 Å². The van der Waals surface area contributed by atoms with Crippen LogP contribution in [-0.4, -0.2) is 24.9 Å². The van der Waals surface area contributed by atoms with Gasteiger partial charge in [-0.05, 0) is 30.2 Å². The minimum Gasteiger partial charge on any atom is -0.382 e. The Morgan fingerprint density at radius 2 is 1.74 bits per heavy atom. The Balaban J connectivity index is 2.26. The van der Waals surface area contributed by atoms with Crippen molar-refractivity contribution in [3.05, 3.63) is 70.7 Å². The second-order valence-corrected chi connectivity index (χ2v) is 6.79. The Morgan fingerprint density at radius 3 is 2.35 bits per heavy atom. The van der Waals surface area contributed by atoms with E-state index in [4.69, 9.17) is 22.1 Å². The van der Waals surface area contributed by atoms with Crippen molar-refractivity contribution in [3.8, 4) is 0 Å². The molecule has 0 aliphatic rings. The molecule has 0 fully saturated rings. The van der Waals surface area contributed by atoms with Crippen molar-refractivity contribution in [2.24, 2.45) is 10.7 Å².